The van der Waals surface area contributed by atoms with Crippen molar-refractivity contribution in [2.24, 2.45) is 0 Å². The van der Waals surface area contributed by atoms with E-state index in [-0.39, 0.29) is 18.0 Å². The highest BCUT2D eigenvalue weighted by atomic mass is 16.5. The molecule has 32 heavy (non-hydrogen) atoms. The molecule has 0 heterocycles. The van der Waals surface area contributed by atoms with Gasteiger partial charge in [-0.2, -0.15) is 0 Å². The molecule has 0 atom stereocenters. The number of ether oxygens (including phenoxy) is 4. The summed E-state index contributed by atoms with van der Waals surface area (Å²) in [4.78, 5) is 13.0. The SMILES string of the molecule is COc1cc(/C=C2/CC/C(=C/c3ccc(OC(C)C)c(OC)c3)C2=O)ccc1OC(C)C. The molecule has 1 fully saturated rings. The van der Waals surface area contributed by atoms with Gasteiger partial charge < -0.3 is 18.9 Å². The van der Waals surface area contributed by atoms with Crippen LogP contribution >= 0.6 is 0 Å². The summed E-state index contributed by atoms with van der Waals surface area (Å²) in [6, 6.07) is 11.5. The van der Waals surface area contributed by atoms with Crippen LogP contribution in [0.25, 0.3) is 12.2 Å². The van der Waals surface area contributed by atoms with Crippen molar-refractivity contribution in [1.29, 1.82) is 0 Å². The van der Waals surface area contributed by atoms with Gasteiger partial charge in [-0.1, -0.05) is 12.1 Å². The van der Waals surface area contributed by atoms with E-state index in [4.69, 9.17) is 18.9 Å². The van der Waals surface area contributed by atoms with Crippen LogP contribution in [-0.4, -0.2) is 32.2 Å². The normalized spacial score (nSPS) is 16.3. The van der Waals surface area contributed by atoms with Crippen molar-refractivity contribution in [3.63, 3.8) is 0 Å². The lowest BCUT2D eigenvalue weighted by atomic mass is 10.1. The Labute approximate surface area is 190 Å². The number of carbonyl (C=O) groups is 1. The van der Waals surface area contributed by atoms with Crippen molar-refractivity contribution in [2.45, 2.75) is 52.7 Å². The van der Waals surface area contributed by atoms with Crippen LogP contribution < -0.4 is 18.9 Å². The van der Waals surface area contributed by atoms with Crippen molar-refractivity contribution in [1.82, 2.24) is 0 Å². The summed E-state index contributed by atoms with van der Waals surface area (Å²) in [7, 11) is 3.24. The Bertz CT molecular complexity index is 949. The number of ketones is 1. The number of allylic oxidation sites excluding steroid dienone is 2. The number of rotatable bonds is 8. The summed E-state index contributed by atoms with van der Waals surface area (Å²) in [5.74, 6) is 2.78. The third kappa shape index (κ3) is 5.72. The van der Waals surface area contributed by atoms with E-state index in [1.54, 1.807) is 14.2 Å². The van der Waals surface area contributed by atoms with E-state index in [0.717, 1.165) is 22.3 Å². The summed E-state index contributed by atoms with van der Waals surface area (Å²) in [6.07, 6.45) is 5.41. The van der Waals surface area contributed by atoms with Gasteiger partial charge in [0, 0.05) is 11.1 Å². The standard InChI is InChI=1S/C27H32O5/c1-17(2)31-23-11-7-19(15-25(23)29-5)13-21-9-10-22(27(21)28)14-20-8-12-24(32-18(3)4)26(16-20)30-6/h7-8,11-18H,9-10H2,1-6H3/b21-13-,22-14-. The number of hydrogen-bond acceptors (Lipinski definition) is 5. The maximum atomic E-state index is 13.0. The van der Waals surface area contributed by atoms with E-state index in [9.17, 15) is 4.79 Å². The van der Waals surface area contributed by atoms with Gasteiger partial charge in [0.15, 0.2) is 28.8 Å². The minimum atomic E-state index is 0.0573. The second-order valence-electron chi connectivity index (χ2n) is 8.32. The van der Waals surface area contributed by atoms with E-state index in [1.165, 1.54) is 0 Å². The molecule has 0 N–H and O–H groups in total. The first-order chi connectivity index (χ1) is 15.3. The molecule has 0 radical (unpaired) electrons. The number of methoxy groups -OCH3 is 2. The molecular weight excluding hydrogens is 404 g/mol. The molecule has 0 amide bonds. The van der Waals surface area contributed by atoms with Crippen LogP contribution in [0, 0.1) is 0 Å². The zero-order valence-corrected chi connectivity index (χ0v) is 19.7. The lowest BCUT2D eigenvalue weighted by molar-refractivity contribution is -0.111. The van der Waals surface area contributed by atoms with E-state index in [1.807, 2.05) is 76.2 Å². The fourth-order valence-electron chi connectivity index (χ4n) is 3.63. The van der Waals surface area contributed by atoms with Crippen molar-refractivity contribution < 1.29 is 23.7 Å². The molecule has 1 aliphatic rings. The molecule has 0 spiro atoms. The molecule has 170 valence electrons. The largest absolute Gasteiger partial charge is 0.493 e. The van der Waals surface area contributed by atoms with Gasteiger partial charge in [-0.05, 0) is 88.1 Å². The minimum Gasteiger partial charge on any atom is -0.493 e. The van der Waals surface area contributed by atoms with Crippen molar-refractivity contribution in [3.8, 4) is 23.0 Å². The summed E-state index contributed by atoms with van der Waals surface area (Å²) in [5.41, 5.74) is 3.42. The number of carbonyl (C=O) groups excluding carboxylic acids is 1. The van der Waals surface area contributed by atoms with Crippen LogP contribution in [0.2, 0.25) is 0 Å². The van der Waals surface area contributed by atoms with Crippen LogP contribution in [0.5, 0.6) is 23.0 Å². The highest BCUT2D eigenvalue weighted by molar-refractivity contribution is 6.15. The first-order valence-electron chi connectivity index (χ1n) is 11.0. The molecule has 0 aromatic heterocycles. The van der Waals surface area contributed by atoms with Crippen LogP contribution in [-0.2, 0) is 4.79 Å². The topological polar surface area (TPSA) is 54.0 Å². The fourth-order valence-corrected chi connectivity index (χ4v) is 3.63. The molecule has 5 nitrogen and oxygen atoms in total. The average Bonchev–Trinajstić information content (AvgIpc) is 3.08. The molecule has 0 saturated heterocycles. The summed E-state index contributed by atoms with van der Waals surface area (Å²) < 4.78 is 22.5. The molecular formula is C27H32O5. The Morgan fingerprint density at radius 2 is 1.09 bits per heavy atom. The lowest BCUT2D eigenvalue weighted by Gasteiger charge is -2.14. The Morgan fingerprint density at radius 1 is 0.688 bits per heavy atom. The molecule has 1 aliphatic carbocycles. The van der Waals surface area contributed by atoms with Crippen LogP contribution in [0.4, 0.5) is 0 Å². The zero-order chi connectivity index (χ0) is 23.3. The van der Waals surface area contributed by atoms with Crippen molar-refractivity contribution >= 4 is 17.9 Å². The smallest absolute Gasteiger partial charge is 0.185 e. The van der Waals surface area contributed by atoms with E-state index >= 15 is 0 Å². The van der Waals surface area contributed by atoms with Gasteiger partial charge in [0.05, 0.1) is 26.4 Å². The molecule has 0 aliphatic heterocycles. The summed E-state index contributed by atoms with van der Waals surface area (Å²) >= 11 is 0. The van der Waals surface area contributed by atoms with Crippen molar-refractivity contribution in [2.75, 3.05) is 14.2 Å². The predicted octanol–water partition coefficient (Wildman–Crippen LogP) is 6.11. The maximum Gasteiger partial charge on any atom is 0.185 e. The second kappa shape index (κ2) is 10.4. The van der Waals surface area contributed by atoms with Crippen LogP contribution in [0.15, 0.2) is 47.5 Å². The van der Waals surface area contributed by atoms with Gasteiger partial charge in [0.1, 0.15) is 0 Å². The third-order valence-corrected chi connectivity index (χ3v) is 5.03. The summed E-state index contributed by atoms with van der Waals surface area (Å²) in [6.45, 7) is 7.89. The highest BCUT2D eigenvalue weighted by Gasteiger charge is 2.23. The minimum absolute atomic E-state index is 0.0573. The molecule has 0 bridgehead atoms. The van der Waals surface area contributed by atoms with E-state index < -0.39 is 0 Å². The predicted molar refractivity (Wildman–Crippen MR) is 128 cm³/mol. The maximum absolute atomic E-state index is 13.0. The number of Topliss-reactive ketones (excluding diaryl/α,β-unsaturated/α-hetero) is 1. The van der Waals surface area contributed by atoms with Gasteiger partial charge in [0.2, 0.25) is 0 Å². The molecule has 1 saturated carbocycles. The van der Waals surface area contributed by atoms with Gasteiger partial charge in [-0.25, -0.2) is 0 Å². The third-order valence-electron chi connectivity index (χ3n) is 5.03. The first kappa shape index (κ1) is 23.5. The quantitative estimate of drug-likeness (QED) is 0.468. The average molecular weight is 437 g/mol. The van der Waals surface area contributed by atoms with Gasteiger partial charge in [-0.15, -0.1) is 0 Å². The summed E-state index contributed by atoms with van der Waals surface area (Å²) in [5, 5.41) is 0. The van der Waals surface area contributed by atoms with Gasteiger partial charge >= 0.3 is 0 Å². The van der Waals surface area contributed by atoms with Crippen LogP contribution in [0.3, 0.4) is 0 Å². The monoisotopic (exact) mass is 436 g/mol. The molecule has 5 heteroatoms. The molecule has 0 unspecified atom stereocenters. The molecule has 3 rings (SSSR count). The Balaban J connectivity index is 1.81. The second-order valence-corrected chi connectivity index (χ2v) is 8.32. The van der Waals surface area contributed by atoms with E-state index in [0.29, 0.717) is 35.8 Å². The van der Waals surface area contributed by atoms with Crippen LogP contribution in [0.1, 0.15) is 51.7 Å². The van der Waals surface area contributed by atoms with Crippen molar-refractivity contribution in [3.05, 3.63) is 58.7 Å². The number of hydrogen-bond donors (Lipinski definition) is 0. The highest BCUT2D eigenvalue weighted by Crippen LogP contribution is 2.34. The number of benzene rings is 2. The fraction of sp³-hybridized carbons (Fsp3) is 0.370. The first-order valence-corrected chi connectivity index (χ1v) is 11.0. The Morgan fingerprint density at radius 3 is 1.44 bits per heavy atom. The zero-order valence-electron chi connectivity index (χ0n) is 19.7. The van der Waals surface area contributed by atoms with Gasteiger partial charge in [0.25, 0.3) is 0 Å². The Hall–Kier alpha value is -3.21. The molecule has 2 aromatic rings. The van der Waals surface area contributed by atoms with Gasteiger partial charge in [-0.3, -0.25) is 4.79 Å². The van der Waals surface area contributed by atoms with E-state index in [2.05, 4.69) is 0 Å². The molecule has 2 aromatic carbocycles. The Kier molecular flexibility index (Phi) is 7.62. The lowest BCUT2D eigenvalue weighted by Crippen LogP contribution is -2.06.